The molecule has 1 aliphatic rings. The van der Waals surface area contributed by atoms with Crippen molar-refractivity contribution in [3.63, 3.8) is 0 Å². The molecule has 1 saturated heterocycles. The fourth-order valence-electron chi connectivity index (χ4n) is 0.930. The van der Waals surface area contributed by atoms with Crippen molar-refractivity contribution in [1.82, 2.24) is 5.32 Å². The van der Waals surface area contributed by atoms with E-state index in [1.807, 2.05) is 0 Å². The lowest BCUT2D eigenvalue weighted by Gasteiger charge is -2.06. The Morgan fingerprint density at radius 3 is 3.11 bits per heavy atom. The van der Waals surface area contributed by atoms with Gasteiger partial charge in [0.1, 0.15) is 6.04 Å². The Morgan fingerprint density at radius 2 is 2.67 bits per heavy atom. The molecule has 0 saturated carbocycles. The van der Waals surface area contributed by atoms with Gasteiger partial charge in [0.15, 0.2) is 0 Å². The molecule has 0 radical (unpaired) electrons. The molecule has 4 heteroatoms. The van der Waals surface area contributed by atoms with Crippen LogP contribution < -0.4 is 5.32 Å². The molecular formula is C5H9NO3. The highest BCUT2D eigenvalue weighted by Gasteiger charge is 2.30. The van der Waals surface area contributed by atoms with E-state index in [1.165, 1.54) is 0 Å². The van der Waals surface area contributed by atoms with E-state index < -0.39 is 18.1 Å². The van der Waals surface area contributed by atoms with E-state index >= 15 is 0 Å². The highest BCUT2D eigenvalue weighted by atomic mass is 16.4. The molecule has 2 atom stereocenters. The van der Waals surface area contributed by atoms with E-state index in [0.29, 0.717) is 13.0 Å². The smallest absolute Gasteiger partial charge is 0.323 e. The van der Waals surface area contributed by atoms with Gasteiger partial charge in [-0.15, -0.1) is 0 Å². The summed E-state index contributed by atoms with van der Waals surface area (Å²) in [4.78, 5) is 10.6. The van der Waals surface area contributed by atoms with Crippen LogP contribution in [0.1, 0.15) is 6.42 Å². The molecule has 0 aliphatic carbocycles. The minimum absolute atomic E-state index is 0.541. The number of hydrogen-bond acceptors (Lipinski definition) is 4. The first-order valence-electron chi connectivity index (χ1n) is 3.25. The monoisotopic (exact) mass is 132 g/mol. The van der Waals surface area contributed by atoms with Crippen LogP contribution in [0.15, 0.2) is 0 Å². The highest BCUT2D eigenvalue weighted by Crippen LogP contribution is 2.05. The zero-order valence-corrected chi connectivity index (χ0v) is 4.83. The number of nitrogens with one attached hydrogen (secondary N) is 1. The third kappa shape index (κ3) is 1.20. The van der Waals surface area contributed by atoms with Gasteiger partial charge in [0.05, 0.1) is 6.10 Å². The lowest BCUT2D eigenvalue weighted by Crippen LogP contribution is -2.38. The van der Waals surface area contributed by atoms with Gasteiger partial charge in [-0.3, -0.25) is 4.79 Å². The van der Waals surface area contributed by atoms with Crippen LogP contribution in [0, 0.1) is 0 Å². The lowest BCUT2D eigenvalue weighted by atomic mass is 10.2. The number of hydrogen-bond donors (Lipinski definition) is 3. The summed E-state index contributed by atoms with van der Waals surface area (Å²) >= 11 is 0. The maximum atomic E-state index is 10.6. The van der Waals surface area contributed by atoms with Gasteiger partial charge in [0, 0.05) is 0 Å². The Kier molecular flexibility index (Phi) is 1.34. The van der Waals surface area contributed by atoms with Crippen molar-refractivity contribution >= 4 is 5.97 Å². The largest absolute Gasteiger partial charge is 0.480 e. The zero-order chi connectivity index (χ0) is 7.56. The van der Waals surface area contributed by atoms with Crippen molar-refractivity contribution in [2.45, 2.75) is 18.6 Å². The van der Waals surface area contributed by atoms with Gasteiger partial charge < -0.3 is 15.5 Å². The predicted molar refractivity (Wildman–Crippen MR) is 30.1 cm³/mol. The maximum Gasteiger partial charge on any atom is 0.323 e. The number of carboxylic acid groups (broad SMARTS) is 1. The van der Waals surface area contributed by atoms with E-state index in [2.05, 4.69) is 10.4 Å². The number of aliphatic hydroxyl groups is 1. The Morgan fingerprint density at radius 1 is 1.89 bits per heavy atom. The SMILES string of the molecule is [2H]OC(=O)[C@H]1NCC[C@@H]1O. The van der Waals surface area contributed by atoms with Crippen LogP contribution in [0.25, 0.3) is 1.43 Å². The number of carbonyl (C=O) groups is 1. The van der Waals surface area contributed by atoms with Crippen LogP contribution in [-0.2, 0) is 4.79 Å². The number of aliphatic carboxylic acids is 1. The van der Waals surface area contributed by atoms with E-state index in [9.17, 15) is 4.79 Å². The lowest BCUT2D eigenvalue weighted by molar-refractivity contribution is -0.141. The first-order valence-corrected chi connectivity index (χ1v) is 2.84. The first-order chi connectivity index (χ1) is 4.75. The second-order valence-corrected chi connectivity index (χ2v) is 2.11. The van der Waals surface area contributed by atoms with Crippen LogP contribution in [0.4, 0.5) is 0 Å². The van der Waals surface area contributed by atoms with Crippen molar-refractivity contribution in [2.24, 2.45) is 0 Å². The minimum Gasteiger partial charge on any atom is -0.480 e. The van der Waals surface area contributed by atoms with Gasteiger partial charge in [-0.05, 0) is 13.0 Å². The summed E-state index contributed by atoms with van der Waals surface area (Å²) in [6, 6.07) is -0.697. The summed E-state index contributed by atoms with van der Waals surface area (Å²) in [5.74, 6) is -0.718. The topological polar surface area (TPSA) is 69.6 Å². The average molecular weight is 132 g/mol. The standard InChI is InChI=1S/C5H9NO3/c7-3-1-2-6-4(3)5(8)9/h3-4,6-7H,1-2H2,(H,8,9)/t3-,4-/m0/s1/i/hD. The van der Waals surface area contributed by atoms with Crippen LogP contribution in [0.2, 0.25) is 0 Å². The number of carboxylic acids is 1. The van der Waals surface area contributed by atoms with Crippen molar-refractivity contribution in [2.75, 3.05) is 6.54 Å². The summed E-state index contributed by atoms with van der Waals surface area (Å²) in [7, 11) is 0. The first kappa shape index (κ1) is 5.20. The molecule has 4 nitrogen and oxygen atoms in total. The van der Waals surface area contributed by atoms with E-state index in [-0.39, 0.29) is 0 Å². The van der Waals surface area contributed by atoms with Gasteiger partial charge >= 0.3 is 5.97 Å². The average Bonchev–Trinajstić information content (AvgIpc) is 2.34. The van der Waals surface area contributed by atoms with Gasteiger partial charge in [-0.2, -0.15) is 0 Å². The summed E-state index contributed by atoms with van der Waals surface area (Å²) < 4.78 is 6.26. The third-order valence-corrected chi connectivity index (χ3v) is 1.44. The molecule has 9 heavy (non-hydrogen) atoms. The van der Waals surface area contributed by atoms with Crippen molar-refractivity contribution in [3.8, 4) is 0 Å². The molecule has 3 N–H and O–H groups in total. The maximum absolute atomic E-state index is 10.6. The van der Waals surface area contributed by atoms with Crippen LogP contribution in [0.3, 0.4) is 0 Å². The predicted octanol–water partition coefficient (Wildman–Crippen LogP) is -1.21. The molecule has 1 aliphatic heterocycles. The van der Waals surface area contributed by atoms with E-state index in [1.54, 1.807) is 0 Å². The molecule has 52 valence electrons. The van der Waals surface area contributed by atoms with Crippen molar-refractivity contribution < 1.29 is 15.0 Å². The Labute approximate surface area is 54.0 Å². The molecule has 0 spiro atoms. The van der Waals surface area contributed by atoms with Crippen LogP contribution >= 0.6 is 0 Å². The van der Waals surface area contributed by atoms with Gasteiger partial charge in [-0.1, -0.05) is 0 Å². The normalized spacial score (nSPS) is 35.9. The van der Waals surface area contributed by atoms with Crippen molar-refractivity contribution in [1.29, 1.82) is 1.43 Å². The summed E-state index contributed by atoms with van der Waals surface area (Å²) in [6.07, 6.45) is -0.155. The third-order valence-electron chi connectivity index (χ3n) is 1.44. The minimum atomic E-state index is -0.718. The number of aliphatic hydroxyl groups excluding tert-OH is 1. The summed E-state index contributed by atoms with van der Waals surface area (Å²) in [5.41, 5.74) is 0. The molecule has 0 aromatic rings. The zero-order valence-electron chi connectivity index (χ0n) is 5.83. The molecule has 0 aromatic heterocycles. The van der Waals surface area contributed by atoms with Crippen molar-refractivity contribution in [3.05, 3.63) is 0 Å². The van der Waals surface area contributed by atoms with E-state index in [0.717, 1.165) is 0 Å². The second-order valence-electron chi connectivity index (χ2n) is 2.11. The second kappa shape index (κ2) is 2.33. The van der Waals surface area contributed by atoms with Gasteiger partial charge in [-0.25, -0.2) is 0 Å². The molecule has 0 amide bonds. The molecule has 0 aromatic carbocycles. The summed E-state index contributed by atoms with van der Waals surface area (Å²) in [6.45, 7) is 0.598. The molecule has 1 fully saturated rings. The van der Waals surface area contributed by atoms with Crippen LogP contribution in [-0.4, -0.2) is 34.9 Å². The van der Waals surface area contributed by atoms with Gasteiger partial charge in [0.25, 0.3) is 1.43 Å². The summed E-state index contributed by atoms with van der Waals surface area (Å²) in [5, 5.41) is 15.4. The Balaban J connectivity index is 2.46. The molecule has 0 bridgehead atoms. The number of rotatable bonds is 1. The molecule has 1 rings (SSSR count). The fraction of sp³-hybridized carbons (Fsp3) is 0.800. The quantitative estimate of drug-likeness (QED) is 0.419. The fourth-order valence-corrected chi connectivity index (χ4v) is 0.930. The Hall–Kier alpha value is -0.610. The molecular weight excluding hydrogens is 122 g/mol. The molecule has 1 heterocycles. The molecule has 0 unspecified atom stereocenters. The van der Waals surface area contributed by atoms with E-state index in [4.69, 9.17) is 6.54 Å². The van der Waals surface area contributed by atoms with Crippen LogP contribution in [0.5, 0.6) is 0 Å². The highest BCUT2D eigenvalue weighted by molar-refractivity contribution is 5.74. The van der Waals surface area contributed by atoms with Gasteiger partial charge in [0.2, 0.25) is 0 Å². The Bertz CT molecular complexity index is 141.